The third-order valence-electron chi connectivity index (χ3n) is 11.6. The van der Waals surface area contributed by atoms with Gasteiger partial charge in [-0.3, -0.25) is 4.99 Å². The van der Waals surface area contributed by atoms with Crippen LogP contribution in [-0.4, -0.2) is 10.3 Å². The van der Waals surface area contributed by atoms with Crippen LogP contribution in [0.2, 0.25) is 0 Å². The zero-order valence-electron chi connectivity index (χ0n) is 28.6. The van der Waals surface area contributed by atoms with Gasteiger partial charge in [-0.25, -0.2) is 0 Å². The fourth-order valence-electron chi connectivity index (χ4n) is 9.44. The van der Waals surface area contributed by atoms with Crippen LogP contribution < -0.4 is 0 Å². The minimum Gasteiger partial charge on any atom is -0.309 e. The molecule has 1 aliphatic heterocycles. The van der Waals surface area contributed by atoms with E-state index < -0.39 is 5.41 Å². The first-order valence-electron chi connectivity index (χ1n) is 18.2. The summed E-state index contributed by atoms with van der Waals surface area (Å²) in [6.07, 6.45) is 7.71. The number of allylic oxidation sites excluding steroid dienone is 4. The van der Waals surface area contributed by atoms with Crippen LogP contribution in [0.5, 0.6) is 0 Å². The van der Waals surface area contributed by atoms with Crippen LogP contribution in [0.25, 0.3) is 44.2 Å². The monoisotopic (exact) mass is 662 g/mol. The van der Waals surface area contributed by atoms with Gasteiger partial charge in [-0.05, 0) is 87.3 Å². The minimum atomic E-state index is -0.453. The molecule has 244 valence electrons. The molecule has 3 aliphatic rings. The number of aromatic nitrogens is 1. The van der Waals surface area contributed by atoms with Gasteiger partial charge in [0, 0.05) is 27.9 Å². The Balaban J connectivity index is 1.15. The van der Waals surface area contributed by atoms with Gasteiger partial charge in [0.05, 0.1) is 27.8 Å². The van der Waals surface area contributed by atoms with E-state index in [9.17, 15) is 0 Å². The number of hydrogen-bond acceptors (Lipinski definition) is 1. The highest BCUT2D eigenvalue weighted by molar-refractivity contribution is 6.17. The molecule has 2 aliphatic carbocycles. The van der Waals surface area contributed by atoms with Crippen molar-refractivity contribution in [2.45, 2.75) is 11.8 Å². The first-order valence-corrected chi connectivity index (χ1v) is 18.2. The number of aliphatic imine (C=N–C) groups is 1. The molecule has 1 atom stereocenters. The van der Waals surface area contributed by atoms with Gasteiger partial charge in [0.15, 0.2) is 0 Å². The third-order valence-corrected chi connectivity index (χ3v) is 11.6. The van der Waals surface area contributed by atoms with Crippen LogP contribution >= 0.6 is 0 Å². The van der Waals surface area contributed by atoms with E-state index in [0.717, 1.165) is 23.5 Å². The minimum absolute atomic E-state index is 0.244. The molecular formula is C50H34N2. The quantitative estimate of drug-likeness (QED) is 0.178. The molecule has 0 amide bonds. The highest BCUT2D eigenvalue weighted by Crippen LogP contribution is 2.56. The fourth-order valence-corrected chi connectivity index (χ4v) is 9.44. The third kappa shape index (κ3) is 4.04. The fraction of sp³-hybridized carbons (Fsp3) is 0.0600. The molecule has 8 aromatic rings. The second-order valence-corrected chi connectivity index (χ2v) is 14.2. The van der Waals surface area contributed by atoms with Crippen LogP contribution in [0.1, 0.15) is 39.8 Å². The predicted molar refractivity (Wildman–Crippen MR) is 216 cm³/mol. The summed E-state index contributed by atoms with van der Waals surface area (Å²) < 4.78 is 2.46. The smallest absolute Gasteiger partial charge is 0.0714 e. The SMILES string of the molecule is C1=CCC2C(=C1)c1ccccc1N=C2c1ccc2c(c1)c1ccccc1n2-c1ccc2c(c1)C(c1ccccc1)(c1ccccc1)c1ccccc1-2. The van der Waals surface area contributed by atoms with E-state index in [-0.39, 0.29) is 5.92 Å². The molecule has 52 heavy (non-hydrogen) atoms. The molecule has 0 saturated heterocycles. The molecule has 0 saturated carbocycles. The molecule has 2 heteroatoms. The van der Waals surface area contributed by atoms with E-state index >= 15 is 0 Å². The maximum absolute atomic E-state index is 5.32. The molecule has 11 rings (SSSR count). The Kier molecular flexibility index (Phi) is 6.33. The maximum Gasteiger partial charge on any atom is 0.0714 e. The molecule has 0 spiro atoms. The zero-order valence-corrected chi connectivity index (χ0v) is 28.6. The van der Waals surface area contributed by atoms with Crippen molar-refractivity contribution in [3.05, 3.63) is 221 Å². The van der Waals surface area contributed by atoms with Crippen molar-refractivity contribution in [2.75, 3.05) is 0 Å². The van der Waals surface area contributed by atoms with E-state index in [1.807, 2.05) is 0 Å². The van der Waals surface area contributed by atoms with Crippen molar-refractivity contribution in [3.63, 3.8) is 0 Å². The first-order chi connectivity index (χ1) is 25.8. The molecule has 0 bridgehead atoms. The van der Waals surface area contributed by atoms with Crippen molar-refractivity contribution < 1.29 is 0 Å². The lowest BCUT2D eigenvalue weighted by Crippen LogP contribution is -2.28. The Morgan fingerprint density at radius 3 is 2.04 bits per heavy atom. The van der Waals surface area contributed by atoms with Crippen molar-refractivity contribution in [3.8, 4) is 16.8 Å². The van der Waals surface area contributed by atoms with Crippen LogP contribution in [0.3, 0.4) is 0 Å². The Bertz CT molecular complexity index is 2770. The van der Waals surface area contributed by atoms with E-state index in [4.69, 9.17) is 4.99 Å². The molecule has 0 fully saturated rings. The van der Waals surface area contributed by atoms with Crippen molar-refractivity contribution in [1.82, 2.24) is 4.57 Å². The molecule has 1 unspecified atom stereocenters. The molecule has 7 aromatic carbocycles. The molecule has 2 nitrogen and oxygen atoms in total. The summed E-state index contributed by atoms with van der Waals surface area (Å²) in [4.78, 5) is 5.32. The van der Waals surface area contributed by atoms with E-state index in [1.165, 1.54) is 71.9 Å². The zero-order chi connectivity index (χ0) is 34.2. The number of para-hydroxylation sites is 2. The molecule has 1 aromatic heterocycles. The van der Waals surface area contributed by atoms with Gasteiger partial charge in [-0.2, -0.15) is 0 Å². The number of rotatable bonds is 4. The Morgan fingerprint density at radius 2 is 1.21 bits per heavy atom. The van der Waals surface area contributed by atoms with Gasteiger partial charge in [0.1, 0.15) is 0 Å². The maximum atomic E-state index is 5.32. The summed E-state index contributed by atoms with van der Waals surface area (Å²) in [6, 6.07) is 62.6. The summed E-state index contributed by atoms with van der Waals surface area (Å²) in [5, 5.41) is 2.49. The van der Waals surface area contributed by atoms with Gasteiger partial charge in [-0.15, -0.1) is 0 Å². The Morgan fingerprint density at radius 1 is 0.538 bits per heavy atom. The molecule has 0 N–H and O–H groups in total. The van der Waals surface area contributed by atoms with Gasteiger partial charge < -0.3 is 4.57 Å². The second-order valence-electron chi connectivity index (χ2n) is 14.2. The predicted octanol–water partition coefficient (Wildman–Crippen LogP) is 12.2. The topological polar surface area (TPSA) is 17.3 Å². The lowest BCUT2D eigenvalue weighted by Gasteiger charge is -2.34. The van der Waals surface area contributed by atoms with Crippen LogP contribution in [0.4, 0.5) is 5.69 Å². The second kappa shape index (κ2) is 11.2. The van der Waals surface area contributed by atoms with Crippen molar-refractivity contribution in [1.29, 1.82) is 0 Å². The largest absolute Gasteiger partial charge is 0.309 e. The molecular weight excluding hydrogens is 629 g/mol. The summed E-state index contributed by atoms with van der Waals surface area (Å²) in [5.41, 5.74) is 16.9. The average Bonchev–Trinajstić information content (AvgIpc) is 3.71. The number of hydrogen-bond donors (Lipinski definition) is 0. The van der Waals surface area contributed by atoms with Crippen LogP contribution in [-0.2, 0) is 5.41 Å². The van der Waals surface area contributed by atoms with Crippen LogP contribution in [0, 0.1) is 5.92 Å². The Labute approximate surface area is 303 Å². The van der Waals surface area contributed by atoms with Gasteiger partial charge >= 0.3 is 0 Å². The number of nitrogens with zero attached hydrogens (tertiary/aromatic N) is 2. The molecule has 2 heterocycles. The highest BCUT2D eigenvalue weighted by atomic mass is 15.0. The van der Waals surface area contributed by atoms with Crippen molar-refractivity contribution in [2.24, 2.45) is 10.9 Å². The summed E-state index contributed by atoms with van der Waals surface area (Å²) in [5.74, 6) is 0.244. The van der Waals surface area contributed by atoms with Gasteiger partial charge in [0.25, 0.3) is 0 Å². The van der Waals surface area contributed by atoms with Crippen molar-refractivity contribution >= 4 is 38.8 Å². The molecule has 0 radical (unpaired) electrons. The number of benzene rings is 7. The van der Waals surface area contributed by atoms with Gasteiger partial charge in [0.2, 0.25) is 0 Å². The summed E-state index contributed by atoms with van der Waals surface area (Å²) in [6.45, 7) is 0. The van der Waals surface area contributed by atoms with Crippen LogP contribution in [0.15, 0.2) is 193 Å². The van der Waals surface area contributed by atoms with E-state index in [1.54, 1.807) is 0 Å². The number of fused-ring (bicyclic) bond motifs is 9. The van der Waals surface area contributed by atoms with E-state index in [2.05, 4.69) is 193 Å². The normalized spacial score (nSPS) is 16.5. The summed E-state index contributed by atoms with van der Waals surface area (Å²) >= 11 is 0. The lowest BCUT2D eigenvalue weighted by atomic mass is 9.67. The highest BCUT2D eigenvalue weighted by Gasteiger charge is 2.46. The van der Waals surface area contributed by atoms with E-state index in [0.29, 0.717) is 0 Å². The van der Waals surface area contributed by atoms with Gasteiger partial charge in [-0.1, -0.05) is 152 Å². The standard InChI is InChI=1S/C50H34N2/c1-3-15-34(16-4-1)50(35-17-5-2-6-18-35)44-24-12-9-20-38(44)39-29-28-36(32-45(39)50)52-47-26-14-11-22-41(47)43-31-33(27-30-48(43)52)49-42-23-8-7-19-37(42)40-21-10-13-25-46(40)51-49/h1-22,24-32,42H,23H2. The summed E-state index contributed by atoms with van der Waals surface area (Å²) in [7, 11) is 0. The Hall–Kier alpha value is -6.51. The lowest BCUT2D eigenvalue weighted by molar-refractivity contribution is 0.767. The first kappa shape index (κ1) is 29.2. The average molecular weight is 663 g/mol.